The van der Waals surface area contributed by atoms with Crippen LogP contribution in [0.25, 0.3) is 0 Å². The average Bonchev–Trinajstić information content (AvgIpc) is 2.38. The van der Waals surface area contributed by atoms with Crippen LogP contribution in [0.4, 0.5) is 0 Å². The summed E-state index contributed by atoms with van der Waals surface area (Å²) in [6, 6.07) is -1.19. The molecule has 2 atom stereocenters. The predicted molar refractivity (Wildman–Crippen MR) is 69.9 cm³/mol. The molecule has 0 spiro atoms. The fraction of sp³-hybridized carbons (Fsp3) is 0.727. The first kappa shape index (κ1) is 15.8. The molecule has 0 radical (unpaired) electrons. The van der Waals surface area contributed by atoms with Gasteiger partial charge in [0, 0.05) is 30.5 Å². The van der Waals surface area contributed by atoms with Crippen molar-refractivity contribution in [3.63, 3.8) is 0 Å². The van der Waals surface area contributed by atoms with Crippen LogP contribution in [0.15, 0.2) is 0 Å². The Hall–Kier alpha value is -1.28. The minimum absolute atomic E-state index is 0.0475. The molecule has 19 heavy (non-hydrogen) atoms. The lowest BCUT2D eigenvalue weighted by Gasteiger charge is -2.23. The van der Waals surface area contributed by atoms with Crippen LogP contribution in [0.5, 0.6) is 0 Å². The van der Waals surface area contributed by atoms with Crippen LogP contribution >= 0.6 is 11.8 Å². The highest BCUT2D eigenvalue weighted by atomic mass is 32.2. The molecule has 1 rings (SSSR count). The van der Waals surface area contributed by atoms with Crippen molar-refractivity contribution in [2.45, 2.75) is 24.9 Å². The number of carboxylic acids is 1. The zero-order chi connectivity index (χ0) is 14.3. The van der Waals surface area contributed by atoms with Crippen molar-refractivity contribution in [1.29, 1.82) is 0 Å². The zero-order valence-electron chi connectivity index (χ0n) is 10.7. The summed E-state index contributed by atoms with van der Waals surface area (Å²) in [6.45, 7) is 0.840. The third-order valence-electron chi connectivity index (χ3n) is 2.66. The van der Waals surface area contributed by atoms with Crippen molar-refractivity contribution in [3.8, 4) is 0 Å². The minimum atomic E-state index is -1.25. The number of rotatable bonds is 6. The van der Waals surface area contributed by atoms with E-state index in [1.54, 1.807) is 11.8 Å². The first-order chi connectivity index (χ1) is 9.02. The Labute approximate surface area is 115 Å². The van der Waals surface area contributed by atoms with Crippen LogP contribution in [-0.4, -0.2) is 60.2 Å². The number of carboxylic acid groups (broad SMARTS) is 1. The van der Waals surface area contributed by atoms with Gasteiger partial charge in [0.05, 0.1) is 13.5 Å². The summed E-state index contributed by atoms with van der Waals surface area (Å²) in [6.07, 6.45) is -0.164. The third-order valence-corrected chi connectivity index (χ3v) is 3.79. The number of ether oxygens (including phenoxy) is 1. The summed E-state index contributed by atoms with van der Waals surface area (Å²) in [5.74, 6) is -0.458. The molecule has 0 saturated carbocycles. The van der Waals surface area contributed by atoms with Gasteiger partial charge in [0.2, 0.25) is 5.91 Å². The van der Waals surface area contributed by atoms with E-state index in [9.17, 15) is 14.4 Å². The van der Waals surface area contributed by atoms with Gasteiger partial charge in [-0.2, -0.15) is 11.8 Å². The Morgan fingerprint density at radius 3 is 2.79 bits per heavy atom. The average molecular weight is 290 g/mol. The minimum Gasteiger partial charge on any atom is -0.480 e. The summed E-state index contributed by atoms with van der Waals surface area (Å²) >= 11 is 1.75. The van der Waals surface area contributed by atoms with Gasteiger partial charge < -0.3 is 20.5 Å². The quantitative estimate of drug-likeness (QED) is 0.551. The molecule has 0 aromatic rings. The van der Waals surface area contributed by atoms with E-state index in [-0.39, 0.29) is 24.8 Å². The topological polar surface area (TPSA) is 105 Å². The van der Waals surface area contributed by atoms with Gasteiger partial charge in [-0.05, 0) is 0 Å². The lowest BCUT2D eigenvalue weighted by atomic mass is 10.1. The molecule has 1 aliphatic rings. The second-order valence-corrected chi connectivity index (χ2v) is 5.32. The van der Waals surface area contributed by atoms with Crippen LogP contribution in [0, 0.1) is 0 Å². The summed E-state index contributed by atoms with van der Waals surface area (Å²) in [5, 5.41) is 14.5. The van der Waals surface area contributed by atoms with Gasteiger partial charge in [0.15, 0.2) is 0 Å². The molecule has 1 fully saturated rings. The molecular formula is C11H18N2O5S. The molecule has 3 N–H and O–H groups in total. The molecule has 1 amide bonds. The summed E-state index contributed by atoms with van der Waals surface area (Å²) in [4.78, 5) is 33.7. The SMILES string of the molecule is COC(=O)C[C@H](NC(=O)CC1CSCCN1)C(=O)O. The summed E-state index contributed by atoms with van der Waals surface area (Å²) < 4.78 is 4.39. The van der Waals surface area contributed by atoms with E-state index in [0.717, 1.165) is 18.1 Å². The Morgan fingerprint density at radius 1 is 1.53 bits per heavy atom. The lowest BCUT2D eigenvalue weighted by Crippen LogP contribution is -2.46. The van der Waals surface area contributed by atoms with Gasteiger partial charge in [-0.3, -0.25) is 9.59 Å². The summed E-state index contributed by atoms with van der Waals surface area (Å²) in [5.41, 5.74) is 0. The number of carbonyl (C=O) groups excluding carboxylic acids is 2. The van der Waals surface area contributed by atoms with Crippen LogP contribution in [0.1, 0.15) is 12.8 Å². The number of hydrogen-bond donors (Lipinski definition) is 3. The number of aliphatic carboxylic acids is 1. The monoisotopic (exact) mass is 290 g/mol. The molecule has 0 aromatic carbocycles. The molecule has 0 bridgehead atoms. The first-order valence-corrected chi connectivity index (χ1v) is 7.08. The van der Waals surface area contributed by atoms with Crippen LogP contribution < -0.4 is 10.6 Å². The fourth-order valence-electron chi connectivity index (χ4n) is 1.68. The highest BCUT2D eigenvalue weighted by molar-refractivity contribution is 7.99. The van der Waals surface area contributed by atoms with Crippen LogP contribution in [0.3, 0.4) is 0 Å². The first-order valence-electron chi connectivity index (χ1n) is 5.93. The third kappa shape index (κ3) is 5.93. The second-order valence-electron chi connectivity index (χ2n) is 4.17. The van der Waals surface area contributed by atoms with Crippen molar-refractivity contribution >= 4 is 29.6 Å². The van der Waals surface area contributed by atoms with Gasteiger partial charge in [-0.25, -0.2) is 4.79 Å². The van der Waals surface area contributed by atoms with Crippen molar-refractivity contribution in [3.05, 3.63) is 0 Å². The Kier molecular flexibility index (Phi) is 6.65. The molecule has 108 valence electrons. The molecule has 1 saturated heterocycles. The molecule has 0 aromatic heterocycles. The number of esters is 1. The second kappa shape index (κ2) is 8.00. The lowest BCUT2D eigenvalue weighted by molar-refractivity contribution is -0.148. The van der Waals surface area contributed by atoms with E-state index in [4.69, 9.17) is 5.11 Å². The number of nitrogens with one attached hydrogen (secondary N) is 2. The van der Waals surface area contributed by atoms with E-state index in [1.165, 1.54) is 7.11 Å². The number of carbonyl (C=O) groups is 3. The Balaban J connectivity index is 2.41. The van der Waals surface area contributed by atoms with Gasteiger partial charge in [-0.1, -0.05) is 0 Å². The highest BCUT2D eigenvalue weighted by Crippen LogP contribution is 2.10. The van der Waals surface area contributed by atoms with E-state index in [0.29, 0.717) is 0 Å². The maximum absolute atomic E-state index is 11.7. The molecule has 0 aliphatic carbocycles. The maximum atomic E-state index is 11.7. The molecule has 1 heterocycles. The normalized spacial score (nSPS) is 20.4. The number of thioether (sulfide) groups is 1. The van der Waals surface area contributed by atoms with Crippen molar-refractivity contribution in [2.24, 2.45) is 0 Å². The molecule has 7 nitrogen and oxygen atoms in total. The molecular weight excluding hydrogens is 272 g/mol. The zero-order valence-corrected chi connectivity index (χ0v) is 11.5. The Bertz CT molecular complexity index is 344. The molecule has 8 heteroatoms. The summed E-state index contributed by atoms with van der Waals surface area (Å²) in [7, 11) is 1.17. The van der Waals surface area contributed by atoms with Gasteiger partial charge in [0.25, 0.3) is 0 Å². The standard InChI is InChI=1S/C11H18N2O5S/c1-18-10(15)5-8(11(16)17)13-9(14)4-7-6-19-3-2-12-7/h7-8,12H,2-6H2,1H3,(H,13,14)(H,16,17)/t7?,8-/m0/s1. The molecule has 1 aliphatic heterocycles. The van der Waals surface area contributed by atoms with E-state index in [2.05, 4.69) is 15.4 Å². The van der Waals surface area contributed by atoms with Crippen molar-refractivity contribution in [2.75, 3.05) is 25.2 Å². The van der Waals surface area contributed by atoms with E-state index in [1.807, 2.05) is 0 Å². The smallest absolute Gasteiger partial charge is 0.326 e. The predicted octanol–water partition coefficient (Wildman–Crippen LogP) is -0.786. The van der Waals surface area contributed by atoms with Crippen molar-refractivity contribution in [1.82, 2.24) is 10.6 Å². The van der Waals surface area contributed by atoms with Crippen LogP contribution in [-0.2, 0) is 19.1 Å². The van der Waals surface area contributed by atoms with Gasteiger partial charge in [-0.15, -0.1) is 0 Å². The van der Waals surface area contributed by atoms with Crippen molar-refractivity contribution < 1.29 is 24.2 Å². The maximum Gasteiger partial charge on any atom is 0.326 e. The number of methoxy groups -OCH3 is 1. The highest BCUT2D eigenvalue weighted by Gasteiger charge is 2.25. The van der Waals surface area contributed by atoms with Gasteiger partial charge in [0.1, 0.15) is 6.04 Å². The van der Waals surface area contributed by atoms with E-state index >= 15 is 0 Å². The largest absolute Gasteiger partial charge is 0.480 e. The number of hydrogen-bond acceptors (Lipinski definition) is 6. The Morgan fingerprint density at radius 2 is 2.26 bits per heavy atom. The fourth-order valence-corrected chi connectivity index (χ4v) is 2.63. The van der Waals surface area contributed by atoms with E-state index < -0.39 is 18.0 Å². The van der Waals surface area contributed by atoms with Crippen LogP contribution in [0.2, 0.25) is 0 Å². The molecule has 1 unspecified atom stereocenters. The number of amides is 1. The van der Waals surface area contributed by atoms with Gasteiger partial charge >= 0.3 is 11.9 Å².